The van der Waals surface area contributed by atoms with E-state index >= 15 is 0 Å². The Morgan fingerprint density at radius 3 is 2.29 bits per heavy atom. The quantitative estimate of drug-likeness (QED) is 0.339. The number of carbonyl (C=O) groups is 5. The lowest BCUT2D eigenvalue weighted by atomic mass is 10.0. The van der Waals surface area contributed by atoms with Gasteiger partial charge < -0.3 is 24.9 Å². The number of benzene rings is 1. The normalized spacial score (nSPS) is 19.6. The summed E-state index contributed by atoms with van der Waals surface area (Å²) in [6.07, 6.45) is 3.19. The molecule has 1 aromatic carbocycles. The lowest BCUT2D eigenvalue weighted by Crippen LogP contribution is -2.64. The topological polar surface area (TPSA) is 155 Å². The summed E-state index contributed by atoms with van der Waals surface area (Å²) in [4.78, 5) is 66.0. The van der Waals surface area contributed by atoms with Crippen molar-refractivity contribution in [2.45, 2.75) is 32.2 Å². The first-order valence-corrected chi connectivity index (χ1v) is 14.7. The highest BCUT2D eigenvalue weighted by Crippen LogP contribution is 2.30. The third-order valence-electron chi connectivity index (χ3n) is 7.62. The Labute approximate surface area is 247 Å². The number of carboxylic acid groups (broad SMARTS) is 2. The number of piperazine rings is 2. The number of anilines is 1. The van der Waals surface area contributed by atoms with Crippen LogP contribution in [-0.4, -0.2) is 129 Å². The Bertz CT molecular complexity index is 1320. The number of unbranched alkanes of at least 4 members (excludes halogenated alkanes) is 1. The Morgan fingerprint density at radius 1 is 0.952 bits per heavy atom. The van der Waals surface area contributed by atoms with Crippen molar-refractivity contribution in [3.05, 3.63) is 36.4 Å². The summed E-state index contributed by atoms with van der Waals surface area (Å²) in [6, 6.07) is 8.03. The van der Waals surface area contributed by atoms with Crippen LogP contribution < -0.4 is 4.90 Å². The molecular weight excluding hydrogens is 564 g/mol. The molecule has 5 rings (SSSR count). The number of amides is 4. The van der Waals surface area contributed by atoms with Gasteiger partial charge in [-0.2, -0.15) is 4.37 Å². The molecule has 2 aromatic rings. The Kier molecular flexibility index (Phi) is 10.5. The lowest BCUT2D eigenvalue weighted by Gasteiger charge is -2.46. The number of fused-ring (bicyclic) bond motifs is 2. The highest BCUT2D eigenvalue weighted by Gasteiger charge is 2.41. The third-order valence-corrected chi connectivity index (χ3v) is 8.44. The average molecular weight is 601 g/mol. The first-order valence-electron chi connectivity index (χ1n) is 14.0. The molecule has 0 aliphatic carbocycles. The molecule has 1 unspecified atom stereocenters. The van der Waals surface area contributed by atoms with Gasteiger partial charge in [-0.1, -0.05) is 12.1 Å². The minimum absolute atomic E-state index is 0.00254. The van der Waals surface area contributed by atoms with Gasteiger partial charge in [-0.05, 0) is 43.1 Å². The summed E-state index contributed by atoms with van der Waals surface area (Å²) >= 11 is 1.56. The molecule has 0 bridgehead atoms. The molecule has 3 fully saturated rings. The Hall–Kier alpha value is -4.04. The fourth-order valence-corrected chi connectivity index (χ4v) is 6.19. The van der Waals surface area contributed by atoms with Gasteiger partial charge in [0.1, 0.15) is 5.82 Å². The number of aromatic nitrogens is 1. The molecule has 226 valence electrons. The first-order chi connectivity index (χ1) is 20.1. The van der Waals surface area contributed by atoms with E-state index in [1.165, 1.54) is 21.9 Å². The summed E-state index contributed by atoms with van der Waals surface area (Å²) < 4.78 is 5.91. The number of carbonyl (C=O) groups excluding carboxylic acids is 3. The van der Waals surface area contributed by atoms with E-state index in [4.69, 9.17) is 10.2 Å². The minimum Gasteiger partial charge on any atom is -0.478 e. The molecule has 4 heterocycles. The SMILES string of the molecule is CC(=O)N1CCN2C(=O)N(CCCCN3CCN(c4nsc5ccccc45)CC3)C(=O)CC2C1.O=C(O)/C=C/C(=O)O. The van der Waals surface area contributed by atoms with Crippen LogP contribution in [0.3, 0.4) is 0 Å². The molecular formula is C28H36N6O7S. The van der Waals surface area contributed by atoms with Crippen molar-refractivity contribution in [1.29, 1.82) is 0 Å². The number of rotatable bonds is 8. The fourth-order valence-electron chi connectivity index (χ4n) is 5.39. The molecule has 2 N–H and O–H groups in total. The zero-order chi connectivity index (χ0) is 30.2. The average Bonchev–Trinajstić information content (AvgIpc) is 3.40. The van der Waals surface area contributed by atoms with Gasteiger partial charge in [0.25, 0.3) is 0 Å². The molecule has 13 nitrogen and oxygen atoms in total. The van der Waals surface area contributed by atoms with Crippen LogP contribution in [0.1, 0.15) is 26.2 Å². The molecule has 42 heavy (non-hydrogen) atoms. The highest BCUT2D eigenvalue weighted by atomic mass is 32.1. The number of hydrogen-bond donors (Lipinski definition) is 2. The number of hydrogen-bond acceptors (Lipinski definition) is 9. The van der Waals surface area contributed by atoms with Crippen molar-refractivity contribution in [2.75, 3.05) is 63.8 Å². The van der Waals surface area contributed by atoms with E-state index in [9.17, 15) is 24.0 Å². The molecule has 0 radical (unpaired) electrons. The largest absolute Gasteiger partial charge is 0.478 e. The smallest absolute Gasteiger partial charge is 0.328 e. The van der Waals surface area contributed by atoms with Gasteiger partial charge in [-0.15, -0.1) is 0 Å². The van der Waals surface area contributed by atoms with Gasteiger partial charge in [0.2, 0.25) is 11.8 Å². The second-order valence-corrected chi connectivity index (χ2v) is 11.2. The van der Waals surface area contributed by atoms with Gasteiger partial charge in [0, 0.05) is 83.2 Å². The maximum atomic E-state index is 12.9. The van der Waals surface area contributed by atoms with E-state index in [-0.39, 0.29) is 23.9 Å². The Balaban J connectivity index is 0.000000446. The second-order valence-electron chi connectivity index (χ2n) is 10.4. The van der Waals surface area contributed by atoms with Crippen LogP contribution in [0, 0.1) is 0 Å². The van der Waals surface area contributed by atoms with Crippen molar-refractivity contribution < 1.29 is 34.2 Å². The van der Waals surface area contributed by atoms with Crippen molar-refractivity contribution in [1.82, 2.24) is 24.0 Å². The van der Waals surface area contributed by atoms with Gasteiger partial charge >= 0.3 is 18.0 Å². The summed E-state index contributed by atoms with van der Waals surface area (Å²) in [5.74, 6) is -1.52. The van der Waals surface area contributed by atoms with Crippen LogP contribution in [0.15, 0.2) is 36.4 Å². The molecule has 1 atom stereocenters. The van der Waals surface area contributed by atoms with Gasteiger partial charge in [-0.3, -0.25) is 19.4 Å². The molecule has 3 saturated heterocycles. The Morgan fingerprint density at radius 2 is 1.62 bits per heavy atom. The number of carboxylic acids is 2. The van der Waals surface area contributed by atoms with E-state index in [2.05, 4.69) is 38.4 Å². The molecule has 1 aromatic heterocycles. The van der Waals surface area contributed by atoms with Crippen LogP contribution in [0.25, 0.3) is 10.1 Å². The van der Waals surface area contributed by atoms with Crippen LogP contribution in [-0.2, 0) is 19.2 Å². The monoisotopic (exact) mass is 600 g/mol. The van der Waals surface area contributed by atoms with Crippen molar-refractivity contribution in [3.63, 3.8) is 0 Å². The summed E-state index contributed by atoms with van der Waals surface area (Å²) in [7, 11) is 0. The predicted octanol–water partition coefficient (Wildman–Crippen LogP) is 1.80. The number of nitrogens with zero attached hydrogens (tertiary/aromatic N) is 6. The summed E-state index contributed by atoms with van der Waals surface area (Å²) in [5.41, 5.74) is 0. The number of imide groups is 1. The zero-order valence-corrected chi connectivity index (χ0v) is 24.4. The summed E-state index contributed by atoms with van der Waals surface area (Å²) in [6.45, 7) is 8.41. The van der Waals surface area contributed by atoms with Crippen molar-refractivity contribution in [3.8, 4) is 0 Å². The maximum absolute atomic E-state index is 12.9. The molecule has 14 heteroatoms. The van der Waals surface area contributed by atoms with E-state index in [0.717, 1.165) is 51.4 Å². The van der Waals surface area contributed by atoms with Gasteiger partial charge in [0.05, 0.1) is 10.7 Å². The zero-order valence-electron chi connectivity index (χ0n) is 23.6. The highest BCUT2D eigenvalue weighted by molar-refractivity contribution is 7.13. The lowest BCUT2D eigenvalue weighted by molar-refractivity contribution is -0.138. The van der Waals surface area contributed by atoms with E-state index in [1.54, 1.807) is 21.3 Å². The van der Waals surface area contributed by atoms with Crippen molar-refractivity contribution >= 4 is 57.2 Å². The van der Waals surface area contributed by atoms with Gasteiger partial charge in [0.15, 0.2) is 0 Å². The van der Waals surface area contributed by atoms with E-state index in [1.807, 2.05) is 0 Å². The van der Waals surface area contributed by atoms with Gasteiger partial charge in [-0.25, -0.2) is 14.4 Å². The maximum Gasteiger partial charge on any atom is 0.328 e. The third kappa shape index (κ3) is 7.82. The molecule has 4 amide bonds. The summed E-state index contributed by atoms with van der Waals surface area (Å²) in [5, 5.41) is 16.9. The van der Waals surface area contributed by atoms with Crippen LogP contribution in [0.4, 0.5) is 10.6 Å². The molecule has 0 saturated carbocycles. The molecule has 3 aliphatic heterocycles. The second kappa shape index (κ2) is 14.2. The number of aliphatic carboxylic acids is 2. The van der Waals surface area contributed by atoms with Crippen LogP contribution in [0.5, 0.6) is 0 Å². The minimum atomic E-state index is -1.26. The van der Waals surface area contributed by atoms with Crippen LogP contribution in [0.2, 0.25) is 0 Å². The number of urea groups is 1. The van der Waals surface area contributed by atoms with Crippen molar-refractivity contribution in [2.24, 2.45) is 0 Å². The predicted molar refractivity (Wildman–Crippen MR) is 156 cm³/mol. The van der Waals surface area contributed by atoms with E-state index < -0.39 is 11.9 Å². The van der Waals surface area contributed by atoms with E-state index in [0.29, 0.717) is 44.8 Å². The van der Waals surface area contributed by atoms with Crippen LogP contribution >= 0.6 is 11.5 Å². The standard InChI is InChI=1S/C24H32N6O3S.C4H4O4/c1-18(31)28-14-15-29-19(17-28)16-22(32)30(24(29)33)9-5-4-8-26-10-12-27(13-11-26)23-20-6-2-3-7-21(20)34-25-23;5-3(6)1-2-4(7)8/h2-3,6-7,19H,4-5,8-17H2,1H3;1-2H,(H,5,6)(H,7,8)/b;2-1+. The molecule has 0 spiro atoms. The fraction of sp³-hybridized carbons (Fsp3) is 0.500. The molecule has 3 aliphatic rings. The first kappa shape index (κ1) is 30.9.